The molecule has 1 unspecified atom stereocenters. The molecule has 0 bridgehead atoms. The fraction of sp³-hybridized carbons (Fsp3) is 0.259. The van der Waals surface area contributed by atoms with Gasteiger partial charge in [-0.25, -0.2) is 13.4 Å². The van der Waals surface area contributed by atoms with Gasteiger partial charge in [-0.15, -0.1) is 0 Å². The number of hydrogen-bond donors (Lipinski definition) is 3. The highest BCUT2D eigenvalue weighted by Gasteiger charge is 2.21. The van der Waals surface area contributed by atoms with Gasteiger partial charge in [-0.3, -0.25) is 14.5 Å². The number of carbonyl (C=O) groups excluding carboxylic acids is 1. The van der Waals surface area contributed by atoms with E-state index in [2.05, 4.69) is 15.2 Å². The number of H-pyrrole nitrogens is 1. The summed E-state index contributed by atoms with van der Waals surface area (Å²) in [6.07, 6.45) is 2.01. The number of rotatable bonds is 9. The van der Waals surface area contributed by atoms with Gasteiger partial charge >= 0.3 is 0 Å². The van der Waals surface area contributed by atoms with Crippen molar-refractivity contribution in [3.8, 4) is 11.5 Å². The van der Waals surface area contributed by atoms with Crippen LogP contribution in [0.5, 0.6) is 11.5 Å². The number of halogens is 1. The molecule has 0 spiro atoms. The number of hydrogen-bond acceptors (Lipinski definition) is 7. The molecular formula is C27H29FN4O5S. The minimum atomic E-state index is -3.43. The summed E-state index contributed by atoms with van der Waals surface area (Å²) in [4.78, 5) is 30.3. The van der Waals surface area contributed by atoms with Crippen LogP contribution < -0.4 is 20.3 Å². The Morgan fingerprint density at radius 2 is 1.95 bits per heavy atom. The number of amides is 1. The van der Waals surface area contributed by atoms with Crippen LogP contribution in [0.4, 0.5) is 4.39 Å². The van der Waals surface area contributed by atoms with Gasteiger partial charge in [0.1, 0.15) is 11.3 Å². The second-order valence-electron chi connectivity index (χ2n) is 8.80. The maximum absolute atomic E-state index is 13.9. The fourth-order valence-corrected chi connectivity index (χ4v) is 5.28. The molecule has 2 heterocycles. The Balaban J connectivity index is 1.39. The number of aromatic nitrogens is 1. The Morgan fingerprint density at radius 1 is 1.18 bits per heavy atom. The SMILES string of the molecule is COc1ccc(CN2CCc3[nH]c(=O)c(C(=O)NC/C=C/S(=N)(=O)c4ccc(OC)c(F)c4)cc3C2)cc1. The van der Waals surface area contributed by atoms with Gasteiger partial charge in [-0.1, -0.05) is 18.2 Å². The normalized spacial score (nSPS) is 15.0. The lowest BCUT2D eigenvalue weighted by Crippen LogP contribution is -2.35. The average Bonchev–Trinajstić information content (AvgIpc) is 2.91. The number of fused-ring (bicyclic) bond motifs is 1. The van der Waals surface area contributed by atoms with Crippen molar-refractivity contribution in [2.24, 2.45) is 0 Å². The summed E-state index contributed by atoms with van der Waals surface area (Å²) in [6, 6.07) is 13.1. The lowest BCUT2D eigenvalue weighted by atomic mass is 10.0. The van der Waals surface area contributed by atoms with E-state index in [0.717, 1.165) is 47.1 Å². The molecule has 1 atom stereocenters. The summed E-state index contributed by atoms with van der Waals surface area (Å²) in [5.41, 5.74) is 2.32. The summed E-state index contributed by atoms with van der Waals surface area (Å²) in [6.45, 7) is 2.01. The van der Waals surface area contributed by atoms with Gasteiger partial charge in [0.05, 0.1) is 28.8 Å². The van der Waals surface area contributed by atoms with Crippen molar-refractivity contribution in [3.05, 3.63) is 98.6 Å². The summed E-state index contributed by atoms with van der Waals surface area (Å²) < 4.78 is 44.7. The van der Waals surface area contributed by atoms with E-state index in [9.17, 15) is 18.2 Å². The molecule has 0 radical (unpaired) electrons. The predicted molar refractivity (Wildman–Crippen MR) is 141 cm³/mol. The average molecular weight is 541 g/mol. The van der Waals surface area contributed by atoms with Gasteiger partial charge in [-0.05, 0) is 47.5 Å². The molecule has 11 heteroatoms. The topological polar surface area (TPSA) is 125 Å². The molecule has 200 valence electrons. The first kappa shape index (κ1) is 27.1. The first-order valence-electron chi connectivity index (χ1n) is 11.9. The Labute approximate surface area is 220 Å². The smallest absolute Gasteiger partial charge is 0.261 e. The molecule has 3 N–H and O–H groups in total. The van der Waals surface area contributed by atoms with Crippen LogP contribution in [0.2, 0.25) is 0 Å². The second kappa shape index (κ2) is 11.6. The van der Waals surface area contributed by atoms with Crippen molar-refractivity contribution in [3.63, 3.8) is 0 Å². The van der Waals surface area contributed by atoms with Gasteiger partial charge in [0.15, 0.2) is 11.6 Å². The number of nitrogens with one attached hydrogen (secondary N) is 3. The Bertz CT molecular complexity index is 1520. The van der Waals surface area contributed by atoms with Crippen LogP contribution in [-0.2, 0) is 29.2 Å². The number of aromatic amines is 1. The van der Waals surface area contributed by atoms with Crippen molar-refractivity contribution in [2.45, 2.75) is 24.4 Å². The van der Waals surface area contributed by atoms with E-state index in [1.807, 2.05) is 24.3 Å². The zero-order valence-corrected chi connectivity index (χ0v) is 21.9. The van der Waals surface area contributed by atoms with Gasteiger partial charge in [-0.2, -0.15) is 0 Å². The molecule has 1 aromatic heterocycles. The highest BCUT2D eigenvalue weighted by molar-refractivity contribution is 7.95. The highest BCUT2D eigenvalue weighted by Crippen LogP contribution is 2.23. The number of methoxy groups -OCH3 is 2. The molecule has 0 saturated carbocycles. The van der Waals surface area contributed by atoms with E-state index in [1.54, 1.807) is 13.2 Å². The molecule has 3 aromatic rings. The third kappa shape index (κ3) is 6.29. The van der Waals surface area contributed by atoms with Crippen LogP contribution in [-0.4, -0.2) is 47.3 Å². The van der Waals surface area contributed by atoms with Crippen molar-refractivity contribution in [1.29, 1.82) is 4.78 Å². The van der Waals surface area contributed by atoms with Gasteiger partial charge < -0.3 is 19.8 Å². The van der Waals surface area contributed by atoms with E-state index in [4.69, 9.17) is 14.3 Å². The van der Waals surface area contributed by atoms with Crippen LogP contribution in [0, 0.1) is 10.6 Å². The van der Waals surface area contributed by atoms with E-state index in [0.29, 0.717) is 13.0 Å². The molecule has 9 nitrogen and oxygen atoms in total. The molecule has 1 amide bonds. The summed E-state index contributed by atoms with van der Waals surface area (Å²) in [7, 11) is -0.499. The molecule has 0 fully saturated rings. The molecule has 1 aliphatic rings. The summed E-state index contributed by atoms with van der Waals surface area (Å²) >= 11 is 0. The zero-order chi connectivity index (χ0) is 27.3. The maximum atomic E-state index is 13.9. The van der Waals surface area contributed by atoms with E-state index < -0.39 is 27.0 Å². The minimum absolute atomic E-state index is 0.0145. The van der Waals surface area contributed by atoms with Crippen LogP contribution in [0.1, 0.15) is 27.2 Å². The largest absolute Gasteiger partial charge is 0.497 e. The molecular weight excluding hydrogens is 511 g/mol. The van der Waals surface area contributed by atoms with Gasteiger partial charge in [0.25, 0.3) is 11.5 Å². The first-order valence-corrected chi connectivity index (χ1v) is 13.5. The van der Waals surface area contributed by atoms with Crippen LogP contribution >= 0.6 is 0 Å². The number of nitrogens with zero attached hydrogens (tertiary/aromatic N) is 1. The second-order valence-corrected chi connectivity index (χ2v) is 10.7. The molecule has 2 aromatic carbocycles. The number of carbonyl (C=O) groups is 1. The Hall–Kier alpha value is -3.96. The molecule has 1 aliphatic heterocycles. The van der Waals surface area contributed by atoms with E-state index in [1.165, 1.54) is 25.3 Å². The van der Waals surface area contributed by atoms with Crippen molar-refractivity contribution in [1.82, 2.24) is 15.2 Å². The Morgan fingerprint density at radius 3 is 2.63 bits per heavy atom. The van der Waals surface area contributed by atoms with Crippen molar-refractivity contribution < 1.29 is 22.9 Å². The maximum Gasteiger partial charge on any atom is 0.261 e. The highest BCUT2D eigenvalue weighted by atomic mass is 32.2. The van der Waals surface area contributed by atoms with Crippen LogP contribution in [0.3, 0.4) is 0 Å². The van der Waals surface area contributed by atoms with E-state index >= 15 is 0 Å². The summed E-state index contributed by atoms with van der Waals surface area (Å²) in [5.74, 6) is -0.529. The van der Waals surface area contributed by atoms with Crippen molar-refractivity contribution >= 4 is 15.6 Å². The molecule has 38 heavy (non-hydrogen) atoms. The standard InChI is InChI=1S/C27H29FN4O5S/c1-36-20-6-4-18(5-7-20)16-32-12-10-24-19(17-32)14-22(27(34)31-24)26(33)30-11-3-13-38(29,35)21-8-9-25(37-2)23(28)15-21/h3-9,13-15,29H,10-12,16-17H2,1-2H3,(H,30,33)(H,31,34)/b13-3+. The van der Waals surface area contributed by atoms with E-state index in [-0.39, 0.29) is 22.8 Å². The fourth-order valence-electron chi connectivity index (χ4n) is 4.20. The van der Waals surface area contributed by atoms with Crippen LogP contribution in [0.25, 0.3) is 0 Å². The van der Waals surface area contributed by atoms with Crippen molar-refractivity contribution in [2.75, 3.05) is 27.3 Å². The molecule has 0 aliphatic carbocycles. The first-order chi connectivity index (χ1) is 18.2. The lowest BCUT2D eigenvalue weighted by Gasteiger charge is -2.28. The minimum Gasteiger partial charge on any atom is -0.497 e. The molecule has 4 rings (SSSR count). The third-order valence-corrected chi connectivity index (χ3v) is 7.77. The van der Waals surface area contributed by atoms with Crippen LogP contribution in [0.15, 0.2) is 69.7 Å². The molecule has 0 saturated heterocycles. The third-order valence-electron chi connectivity index (χ3n) is 6.24. The number of benzene rings is 2. The number of ether oxygens (including phenoxy) is 2. The predicted octanol–water partition coefficient (Wildman–Crippen LogP) is 3.44. The number of pyridine rings is 1. The lowest BCUT2D eigenvalue weighted by molar-refractivity contribution is 0.0956. The summed E-state index contributed by atoms with van der Waals surface area (Å²) in [5, 5.41) is 3.69. The monoisotopic (exact) mass is 540 g/mol. The zero-order valence-electron chi connectivity index (χ0n) is 21.1. The van der Waals surface area contributed by atoms with Gasteiger partial charge in [0.2, 0.25) is 0 Å². The Kier molecular flexibility index (Phi) is 8.28. The quantitative estimate of drug-likeness (QED) is 0.382. The van der Waals surface area contributed by atoms with Gasteiger partial charge in [0, 0.05) is 43.7 Å².